The Morgan fingerprint density at radius 1 is 1.47 bits per heavy atom. The molecule has 0 amide bonds. The van der Waals surface area contributed by atoms with Gasteiger partial charge in [-0.1, -0.05) is 13.3 Å². The number of aliphatic hydroxyl groups excluding tert-OH is 1. The summed E-state index contributed by atoms with van der Waals surface area (Å²) in [5.41, 5.74) is 0. The fourth-order valence-electron chi connectivity index (χ4n) is 1.78. The maximum Gasteiger partial charge on any atom is 0.311 e. The summed E-state index contributed by atoms with van der Waals surface area (Å²) >= 11 is 1.53. The minimum Gasteiger partial charge on any atom is -0.466 e. The Hall–Kier alpha value is -0.870. The molecule has 0 radical (unpaired) electrons. The lowest BCUT2D eigenvalue weighted by atomic mass is 9.96. The van der Waals surface area contributed by atoms with Crippen LogP contribution in [0.4, 0.5) is 0 Å². The number of esters is 1. The summed E-state index contributed by atoms with van der Waals surface area (Å²) in [4.78, 5) is 13.8. The van der Waals surface area contributed by atoms with Gasteiger partial charge in [0.1, 0.15) is 6.10 Å². The molecular formula is C13H20O3S. The average molecular weight is 256 g/mol. The van der Waals surface area contributed by atoms with Crippen LogP contribution in [0.5, 0.6) is 0 Å². The molecule has 1 rings (SSSR count). The maximum absolute atomic E-state index is 11.8. The molecule has 4 heteroatoms. The summed E-state index contributed by atoms with van der Waals surface area (Å²) in [6, 6.07) is 3.84. The van der Waals surface area contributed by atoms with E-state index in [4.69, 9.17) is 4.74 Å². The molecule has 2 atom stereocenters. The second kappa shape index (κ2) is 6.77. The Bertz CT molecular complexity index is 359. The second-order valence-electron chi connectivity index (χ2n) is 4.04. The molecular weight excluding hydrogens is 236 g/mol. The highest BCUT2D eigenvalue weighted by molar-refractivity contribution is 7.12. The molecule has 0 aliphatic carbocycles. The topological polar surface area (TPSA) is 46.5 Å². The largest absolute Gasteiger partial charge is 0.466 e. The highest BCUT2D eigenvalue weighted by Gasteiger charge is 2.29. The van der Waals surface area contributed by atoms with Crippen LogP contribution >= 0.6 is 11.3 Å². The highest BCUT2D eigenvalue weighted by atomic mass is 32.1. The molecule has 3 nitrogen and oxygen atoms in total. The first-order valence-electron chi connectivity index (χ1n) is 6.01. The third-order valence-electron chi connectivity index (χ3n) is 2.62. The van der Waals surface area contributed by atoms with Gasteiger partial charge < -0.3 is 9.84 Å². The minimum atomic E-state index is -0.743. The zero-order chi connectivity index (χ0) is 12.8. The van der Waals surface area contributed by atoms with E-state index in [1.807, 2.05) is 26.0 Å². The van der Waals surface area contributed by atoms with Crippen molar-refractivity contribution >= 4 is 17.3 Å². The first kappa shape index (κ1) is 14.2. The molecule has 1 aromatic rings. The van der Waals surface area contributed by atoms with Crippen molar-refractivity contribution in [3.05, 3.63) is 21.9 Å². The lowest BCUT2D eigenvalue weighted by Gasteiger charge is -2.19. The Labute approximate surface area is 106 Å². The van der Waals surface area contributed by atoms with Gasteiger partial charge in [-0.15, -0.1) is 11.3 Å². The maximum atomic E-state index is 11.8. The summed E-state index contributed by atoms with van der Waals surface area (Å²) in [6.07, 6.45) is 0.759. The number of rotatable bonds is 6. The number of thiophene rings is 1. The van der Waals surface area contributed by atoms with Gasteiger partial charge in [-0.05, 0) is 32.4 Å². The van der Waals surface area contributed by atoms with E-state index in [0.717, 1.165) is 16.2 Å². The van der Waals surface area contributed by atoms with Crippen LogP contribution in [0.3, 0.4) is 0 Å². The quantitative estimate of drug-likeness (QED) is 0.796. The number of hydrogen-bond acceptors (Lipinski definition) is 4. The van der Waals surface area contributed by atoms with Gasteiger partial charge in [-0.25, -0.2) is 0 Å². The van der Waals surface area contributed by atoms with Crippen molar-refractivity contribution in [2.75, 3.05) is 6.61 Å². The van der Waals surface area contributed by atoms with E-state index in [-0.39, 0.29) is 5.97 Å². The highest BCUT2D eigenvalue weighted by Crippen LogP contribution is 2.31. The van der Waals surface area contributed by atoms with Crippen LogP contribution in [-0.2, 0) is 9.53 Å². The SMILES string of the molecule is CCCC(C(=O)OCC)C(O)c1ccc(C)s1. The average Bonchev–Trinajstić information content (AvgIpc) is 2.72. The van der Waals surface area contributed by atoms with Crippen LogP contribution in [0, 0.1) is 12.8 Å². The molecule has 0 saturated carbocycles. The van der Waals surface area contributed by atoms with Crippen molar-refractivity contribution in [1.29, 1.82) is 0 Å². The number of carbonyl (C=O) groups is 1. The monoisotopic (exact) mass is 256 g/mol. The summed E-state index contributed by atoms with van der Waals surface area (Å²) in [7, 11) is 0. The first-order valence-corrected chi connectivity index (χ1v) is 6.82. The van der Waals surface area contributed by atoms with Gasteiger partial charge in [0.2, 0.25) is 0 Å². The molecule has 0 spiro atoms. The van der Waals surface area contributed by atoms with Crippen LogP contribution in [0.2, 0.25) is 0 Å². The molecule has 0 aromatic carbocycles. The van der Waals surface area contributed by atoms with Gasteiger partial charge in [-0.2, -0.15) is 0 Å². The van der Waals surface area contributed by atoms with E-state index in [9.17, 15) is 9.90 Å². The third-order valence-corrected chi connectivity index (χ3v) is 3.69. The number of hydrogen-bond donors (Lipinski definition) is 1. The zero-order valence-electron chi connectivity index (χ0n) is 10.6. The van der Waals surface area contributed by atoms with Gasteiger partial charge in [0.25, 0.3) is 0 Å². The third kappa shape index (κ3) is 3.82. The summed E-state index contributed by atoms with van der Waals surface area (Å²) < 4.78 is 5.01. The van der Waals surface area contributed by atoms with Crippen LogP contribution in [0.25, 0.3) is 0 Å². The van der Waals surface area contributed by atoms with Gasteiger partial charge in [-0.3, -0.25) is 4.79 Å². The summed E-state index contributed by atoms with van der Waals surface area (Å²) in [5, 5.41) is 10.2. The summed E-state index contributed by atoms with van der Waals surface area (Å²) in [5.74, 6) is -0.745. The smallest absolute Gasteiger partial charge is 0.311 e. The molecule has 1 N–H and O–H groups in total. The Kier molecular flexibility index (Phi) is 5.65. The minimum absolute atomic E-state index is 0.298. The van der Waals surface area contributed by atoms with E-state index in [0.29, 0.717) is 13.0 Å². The molecule has 2 unspecified atom stereocenters. The lowest BCUT2D eigenvalue weighted by molar-refractivity contribution is -0.152. The van der Waals surface area contributed by atoms with Gasteiger partial charge in [0.15, 0.2) is 0 Å². The zero-order valence-corrected chi connectivity index (χ0v) is 11.4. The fraction of sp³-hybridized carbons (Fsp3) is 0.615. The standard InChI is InChI=1S/C13H20O3S/c1-4-6-10(13(15)16-5-2)12(14)11-8-7-9(3)17-11/h7-8,10,12,14H,4-6H2,1-3H3. The molecule has 0 aliphatic rings. The van der Waals surface area contributed by atoms with E-state index in [2.05, 4.69) is 0 Å². The number of ether oxygens (including phenoxy) is 1. The predicted octanol–water partition coefficient (Wildman–Crippen LogP) is 3.07. The van der Waals surface area contributed by atoms with Gasteiger partial charge in [0.05, 0.1) is 12.5 Å². The van der Waals surface area contributed by atoms with Crippen LogP contribution in [0.15, 0.2) is 12.1 Å². The van der Waals surface area contributed by atoms with Crippen molar-refractivity contribution in [1.82, 2.24) is 0 Å². The Morgan fingerprint density at radius 2 is 2.18 bits per heavy atom. The lowest BCUT2D eigenvalue weighted by Crippen LogP contribution is -2.24. The number of carbonyl (C=O) groups excluding carboxylic acids is 1. The summed E-state index contributed by atoms with van der Waals surface area (Å²) in [6.45, 7) is 6.12. The molecule has 0 bridgehead atoms. The molecule has 0 fully saturated rings. The molecule has 0 saturated heterocycles. The number of aliphatic hydroxyl groups is 1. The molecule has 1 heterocycles. The molecule has 0 aliphatic heterocycles. The van der Waals surface area contributed by atoms with Crippen molar-refractivity contribution < 1.29 is 14.6 Å². The van der Waals surface area contributed by atoms with E-state index < -0.39 is 12.0 Å². The molecule has 96 valence electrons. The van der Waals surface area contributed by atoms with Crippen LogP contribution in [0.1, 0.15) is 42.5 Å². The van der Waals surface area contributed by atoms with Crippen LogP contribution < -0.4 is 0 Å². The Balaban J connectivity index is 2.79. The van der Waals surface area contributed by atoms with Crippen molar-refractivity contribution in [3.8, 4) is 0 Å². The van der Waals surface area contributed by atoms with Crippen LogP contribution in [-0.4, -0.2) is 17.7 Å². The number of aryl methyl sites for hydroxylation is 1. The van der Waals surface area contributed by atoms with Gasteiger partial charge >= 0.3 is 5.97 Å². The van der Waals surface area contributed by atoms with E-state index >= 15 is 0 Å². The van der Waals surface area contributed by atoms with E-state index in [1.165, 1.54) is 11.3 Å². The normalized spacial score (nSPS) is 14.4. The molecule has 17 heavy (non-hydrogen) atoms. The predicted molar refractivity (Wildman–Crippen MR) is 69.0 cm³/mol. The van der Waals surface area contributed by atoms with E-state index in [1.54, 1.807) is 6.92 Å². The van der Waals surface area contributed by atoms with Crippen molar-refractivity contribution in [2.45, 2.75) is 39.7 Å². The first-order chi connectivity index (χ1) is 8.10. The molecule has 1 aromatic heterocycles. The fourth-order valence-corrected chi connectivity index (χ4v) is 2.70. The van der Waals surface area contributed by atoms with Crippen molar-refractivity contribution in [3.63, 3.8) is 0 Å². The Morgan fingerprint density at radius 3 is 2.65 bits per heavy atom. The second-order valence-corrected chi connectivity index (χ2v) is 5.36. The van der Waals surface area contributed by atoms with Crippen molar-refractivity contribution in [2.24, 2.45) is 5.92 Å². The van der Waals surface area contributed by atoms with Gasteiger partial charge in [0, 0.05) is 9.75 Å².